The number of aromatic nitrogens is 2. The predicted octanol–water partition coefficient (Wildman–Crippen LogP) is 3.41. The Morgan fingerprint density at radius 1 is 1.27 bits per heavy atom. The van der Waals surface area contributed by atoms with Crippen LogP contribution in [0.25, 0.3) is 0 Å². The lowest BCUT2D eigenvalue weighted by Crippen LogP contribution is -2.44. The summed E-state index contributed by atoms with van der Waals surface area (Å²) in [7, 11) is -4.39. The molecule has 41 heavy (non-hydrogen) atoms. The third-order valence-electron chi connectivity index (χ3n) is 6.22. The average Bonchev–Trinajstić information content (AvgIpc) is 3.29. The Morgan fingerprint density at radius 2 is 1.95 bits per heavy atom. The number of anilines is 1. The van der Waals surface area contributed by atoms with Crippen molar-refractivity contribution in [3.8, 4) is 11.6 Å². The van der Waals surface area contributed by atoms with Crippen LogP contribution in [-0.2, 0) is 37.3 Å². The summed E-state index contributed by atoms with van der Waals surface area (Å²) in [4.78, 5) is 23.7. The number of esters is 1. The molecule has 0 amide bonds. The number of sulfonamides is 1. The second kappa shape index (κ2) is 12.3. The first-order valence-electron chi connectivity index (χ1n) is 12.9. The van der Waals surface area contributed by atoms with Gasteiger partial charge in [-0.3, -0.25) is 13.8 Å². The molecule has 0 spiro atoms. The van der Waals surface area contributed by atoms with Gasteiger partial charge in [0.1, 0.15) is 24.2 Å². The van der Waals surface area contributed by atoms with Crippen molar-refractivity contribution in [1.29, 1.82) is 0 Å². The second-order valence-corrected chi connectivity index (χ2v) is 12.1. The summed E-state index contributed by atoms with van der Waals surface area (Å²) in [5.41, 5.74) is -2.49. The monoisotopic (exact) mass is 605 g/mol. The van der Waals surface area contributed by atoms with Gasteiger partial charge in [0.2, 0.25) is 5.60 Å². The molecule has 1 aliphatic rings. The molecule has 228 valence electrons. The van der Waals surface area contributed by atoms with E-state index in [-0.39, 0.29) is 59.6 Å². The first kappa shape index (κ1) is 32.2. The lowest BCUT2D eigenvalue weighted by Gasteiger charge is -2.35. The quantitative estimate of drug-likeness (QED) is 0.361. The van der Waals surface area contributed by atoms with E-state index in [1.165, 1.54) is 42.9 Å². The number of hydrogen-bond donors (Lipinski definition) is 1. The number of carbonyl (C=O) groups is 2. The van der Waals surface area contributed by atoms with Gasteiger partial charge in [0, 0.05) is 19.2 Å². The minimum absolute atomic E-state index is 0.0372. The molecule has 15 heteroatoms. The van der Waals surface area contributed by atoms with Crippen molar-refractivity contribution < 1.29 is 50.5 Å². The summed E-state index contributed by atoms with van der Waals surface area (Å²) in [6.45, 7) is 5.98. The van der Waals surface area contributed by atoms with E-state index in [9.17, 15) is 36.3 Å². The van der Waals surface area contributed by atoms with Crippen LogP contribution in [0.5, 0.6) is 11.6 Å². The minimum atomic E-state index is -4.79. The fourth-order valence-corrected chi connectivity index (χ4v) is 5.47. The highest BCUT2D eigenvalue weighted by Crippen LogP contribution is 2.40. The number of carbonyl (C=O) groups excluding carboxylic acids is 2. The number of benzene rings is 1. The van der Waals surface area contributed by atoms with Gasteiger partial charge in [-0.15, -0.1) is 5.10 Å². The maximum atomic E-state index is 14.1. The van der Waals surface area contributed by atoms with Gasteiger partial charge in [0.25, 0.3) is 15.9 Å². The van der Waals surface area contributed by atoms with E-state index in [1.807, 2.05) is 0 Å². The summed E-state index contributed by atoms with van der Waals surface area (Å²) in [6, 6.07) is 4.16. The smallest absolute Gasteiger partial charge is 0.427 e. The zero-order chi connectivity index (χ0) is 30.8. The molecule has 0 aliphatic carbocycles. The minimum Gasteiger partial charge on any atom is -0.486 e. The highest BCUT2D eigenvalue weighted by molar-refractivity contribution is 7.93. The van der Waals surface area contributed by atoms with Gasteiger partial charge in [-0.1, -0.05) is 6.07 Å². The Kier molecular flexibility index (Phi) is 9.63. The molecule has 1 aromatic heterocycles. The van der Waals surface area contributed by atoms with Gasteiger partial charge in [-0.25, -0.2) is 8.42 Å². The maximum absolute atomic E-state index is 14.1. The van der Waals surface area contributed by atoms with Gasteiger partial charge in [-0.2, -0.15) is 13.2 Å². The van der Waals surface area contributed by atoms with Crippen LogP contribution < -0.4 is 13.8 Å². The number of ether oxygens (including phenoxy) is 3. The van der Waals surface area contributed by atoms with Gasteiger partial charge in [-0.05, 0) is 58.7 Å². The molecule has 1 aliphatic heterocycles. The molecule has 2 atom stereocenters. The molecule has 3 rings (SSSR count). The molecule has 0 unspecified atom stereocenters. The fourth-order valence-electron chi connectivity index (χ4n) is 3.90. The Bertz CT molecular complexity index is 1370. The third kappa shape index (κ3) is 7.70. The number of rotatable bonds is 12. The first-order valence-corrected chi connectivity index (χ1v) is 14.4. The average molecular weight is 606 g/mol. The molecule has 0 saturated carbocycles. The highest BCUT2D eigenvalue weighted by atomic mass is 32.2. The number of aliphatic hydroxyl groups is 1. The number of aryl methyl sites for hydroxylation is 1. The molecule has 0 radical (unpaired) electrons. The largest absolute Gasteiger partial charge is 0.486 e. The molecule has 0 bridgehead atoms. The van der Waals surface area contributed by atoms with Crippen LogP contribution in [0.15, 0.2) is 29.3 Å². The number of nitrogens with zero attached hydrogens (tertiary/aromatic N) is 3. The van der Waals surface area contributed by atoms with E-state index in [0.29, 0.717) is 6.54 Å². The molecule has 11 nitrogen and oxygen atoms in total. The van der Waals surface area contributed by atoms with Crippen LogP contribution >= 0.6 is 0 Å². The van der Waals surface area contributed by atoms with Crippen LogP contribution in [0.4, 0.5) is 18.9 Å². The number of aliphatic hydroxyl groups excluding tert-OH is 1. The van der Waals surface area contributed by atoms with Crippen molar-refractivity contribution in [1.82, 2.24) is 9.78 Å². The Balaban J connectivity index is 2.02. The van der Waals surface area contributed by atoms with Crippen LogP contribution in [-0.4, -0.2) is 72.2 Å². The van der Waals surface area contributed by atoms with E-state index in [0.717, 1.165) is 18.2 Å². The number of ketones is 1. The SMILES string of the molecule is CCn1cc(S(=O)(=O)N2C[C@H](CCC(C)=O)Oc3ccc(CC(=O)OC(C)(C)C(F)(F)F)cc32)c(OC[C@H](C)O)n1. The number of hydrogen-bond acceptors (Lipinski definition) is 9. The highest BCUT2D eigenvalue weighted by Gasteiger charge is 2.50. The number of fused-ring (bicyclic) bond motifs is 1. The molecule has 0 saturated heterocycles. The van der Waals surface area contributed by atoms with Crippen LogP contribution in [0.2, 0.25) is 0 Å². The van der Waals surface area contributed by atoms with Gasteiger partial charge >= 0.3 is 12.1 Å². The molecular weight excluding hydrogens is 571 g/mol. The molecule has 2 heterocycles. The number of halogens is 3. The number of Topliss-reactive ketones (excluding diaryl/α,β-unsaturated/α-hetero) is 1. The van der Waals surface area contributed by atoms with Crippen molar-refractivity contribution in [2.24, 2.45) is 0 Å². The van der Waals surface area contributed by atoms with E-state index in [2.05, 4.69) is 9.84 Å². The van der Waals surface area contributed by atoms with Crippen molar-refractivity contribution >= 4 is 27.5 Å². The standard InChI is InChI=1S/C26H34F3N3O8S/c1-6-31-14-22(24(30-31)38-15-17(3)34)41(36,37)32-13-19(9-7-16(2)33)39-21-10-8-18(11-20(21)32)12-23(35)40-25(4,5)26(27,28)29/h8,10-11,14,17,19,34H,6-7,9,12-13,15H2,1-5H3/t17-,19-/m0/s1. The van der Waals surface area contributed by atoms with Crippen LogP contribution in [0.3, 0.4) is 0 Å². The summed E-state index contributed by atoms with van der Waals surface area (Å²) in [6.07, 6.45) is -5.31. The summed E-state index contributed by atoms with van der Waals surface area (Å²) >= 11 is 0. The lowest BCUT2D eigenvalue weighted by atomic mass is 10.1. The van der Waals surface area contributed by atoms with Gasteiger partial charge in [0.15, 0.2) is 4.90 Å². The maximum Gasteiger partial charge on any atom is 0.427 e. The summed E-state index contributed by atoms with van der Waals surface area (Å²) < 4.78 is 86.2. The predicted molar refractivity (Wildman–Crippen MR) is 140 cm³/mol. The lowest BCUT2D eigenvalue weighted by molar-refractivity contribution is -0.257. The summed E-state index contributed by atoms with van der Waals surface area (Å²) in [5.74, 6) is -1.36. The van der Waals surface area contributed by atoms with E-state index in [4.69, 9.17) is 9.47 Å². The normalized spacial score (nSPS) is 16.5. The molecular formula is C26H34F3N3O8S. The molecule has 1 aromatic carbocycles. The van der Waals surface area contributed by atoms with E-state index >= 15 is 0 Å². The number of alkyl halides is 3. The third-order valence-corrected chi connectivity index (χ3v) is 7.99. The van der Waals surface area contributed by atoms with E-state index < -0.39 is 46.4 Å². The Labute approximate surface area is 236 Å². The molecule has 0 fully saturated rings. The second-order valence-electron chi connectivity index (χ2n) is 10.3. The van der Waals surface area contributed by atoms with E-state index in [1.54, 1.807) is 6.92 Å². The zero-order valence-electron chi connectivity index (χ0n) is 23.4. The van der Waals surface area contributed by atoms with Crippen molar-refractivity contribution in [3.05, 3.63) is 30.0 Å². The zero-order valence-corrected chi connectivity index (χ0v) is 24.2. The first-order chi connectivity index (χ1) is 18.9. The van der Waals surface area contributed by atoms with Crippen LogP contribution in [0.1, 0.15) is 53.0 Å². The molecule has 2 aromatic rings. The Morgan fingerprint density at radius 3 is 2.54 bits per heavy atom. The summed E-state index contributed by atoms with van der Waals surface area (Å²) in [5, 5.41) is 13.8. The van der Waals surface area contributed by atoms with Crippen molar-refractivity contribution in [2.75, 3.05) is 17.5 Å². The topological polar surface area (TPSA) is 137 Å². The van der Waals surface area contributed by atoms with Crippen molar-refractivity contribution in [2.45, 2.75) is 89.3 Å². The Hall–Kier alpha value is -3.33. The molecule has 1 N–H and O–H groups in total. The van der Waals surface area contributed by atoms with Gasteiger partial charge < -0.3 is 24.1 Å². The van der Waals surface area contributed by atoms with Crippen LogP contribution in [0, 0.1) is 0 Å². The van der Waals surface area contributed by atoms with Crippen molar-refractivity contribution in [3.63, 3.8) is 0 Å². The fraction of sp³-hybridized carbons (Fsp3) is 0.577. The van der Waals surface area contributed by atoms with Gasteiger partial charge in [0.05, 0.1) is 24.8 Å².